The maximum atomic E-state index is 9.49. The Morgan fingerprint density at radius 1 is 1.24 bits per heavy atom. The summed E-state index contributed by atoms with van der Waals surface area (Å²) in [6.45, 7) is 0.602. The second-order valence-electron chi connectivity index (χ2n) is 6.87. The van der Waals surface area contributed by atoms with Crippen LogP contribution in [0.2, 0.25) is 0 Å². The third kappa shape index (κ3) is 3.16. The summed E-state index contributed by atoms with van der Waals surface area (Å²) in [6, 6.07) is 8.82. The molecule has 0 radical (unpaired) electrons. The van der Waals surface area contributed by atoms with Gasteiger partial charge in [0.15, 0.2) is 5.11 Å². The summed E-state index contributed by atoms with van der Waals surface area (Å²) in [5.74, 6) is 0. The fourth-order valence-electron chi connectivity index (χ4n) is 4.15. The summed E-state index contributed by atoms with van der Waals surface area (Å²) < 4.78 is 2.36. The lowest BCUT2D eigenvalue weighted by Gasteiger charge is -2.26. The highest BCUT2D eigenvalue weighted by Crippen LogP contribution is 2.39. The third-order valence-corrected chi connectivity index (χ3v) is 5.72. The molecule has 2 unspecified atom stereocenters. The smallest absolute Gasteiger partial charge is 0.170 e. The summed E-state index contributed by atoms with van der Waals surface area (Å²) in [6.07, 6.45) is 11.4. The average molecular weight is 356 g/mol. The van der Waals surface area contributed by atoms with Crippen molar-refractivity contribution in [3.8, 4) is 0 Å². The number of pyridine rings is 1. The van der Waals surface area contributed by atoms with Gasteiger partial charge >= 0.3 is 0 Å². The van der Waals surface area contributed by atoms with Crippen molar-refractivity contribution in [2.75, 3.05) is 13.2 Å². The van der Waals surface area contributed by atoms with Gasteiger partial charge in [-0.1, -0.05) is 18.9 Å². The van der Waals surface area contributed by atoms with Crippen molar-refractivity contribution in [3.05, 3.63) is 54.1 Å². The Hall–Kier alpha value is -1.92. The van der Waals surface area contributed by atoms with E-state index in [1.54, 1.807) is 0 Å². The van der Waals surface area contributed by atoms with Gasteiger partial charge < -0.3 is 19.9 Å². The number of nitrogens with one attached hydrogen (secondary N) is 1. The zero-order chi connectivity index (χ0) is 17.2. The molecule has 2 atom stereocenters. The molecule has 0 spiro atoms. The number of aromatic nitrogens is 2. The molecule has 5 nitrogen and oxygen atoms in total. The van der Waals surface area contributed by atoms with Crippen LogP contribution < -0.4 is 5.32 Å². The predicted octanol–water partition coefficient (Wildman–Crippen LogP) is 2.96. The molecule has 3 heterocycles. The standard InChI is InChI=1S/C19H24N4OS/c24-12-11-23-18(14-8-10-22(13-14)15-5-1-2-6-15)17(21-19(23)25)16-7-3-4-9-20-16/h3-4,7-10,13,15,17-18,24H,1-2,5-6,11-12H2,(H,21,25). The van der Waals surface area contributed by atoms with Crippen LogP contribution in [0, 0.1) is 0 Å². The van der Waals surface area contributed by atoms with E-state index in [0.717, 1.165) is 5.69 Å². The van der Waals surface area contributed by atoms with Crippen LogP contribution in [0.25, 0.3) is 0 Å². The van der Waals surface area contributed by atoms with Gasteiger partial charge in [-0.3, -0.25) is 4.98 Å². The first kappa shape index (κ1) is 16.5. The molecule has 0 amide bonds. The van der Waals surface area contributed by atoms with Gasteiger partial charge in [0.25, 0.3) is 0 Å². The maximum Gasteiger partial charge on any atom is 0.170 e. The number of aliphatic hydroxyl groups excluding tert-OH is 1. The van der Waals surface area contributed by atoms with E-state index < -0.39 is 0 Å². The van der Waals surface area contributed by atoms with Crippen molar-refractivity contribution >= 4 is 17.3 Å². The van der Waals surface area contributed by atoms with Crippen LogP contribution >= 0.6 is 12.2 Å². The van der Waals surface area contributed by atoms with E-state index in [9.17, 15) is 5.11 Å². The molecule has 1 aliphatic heterocycles. The minimum atomic E-state index is -0.000298. The number of nitrogens with zero attached hydrogens (tertiary/aromatic N) is 3. The van der Waals surface area contributed by atoms with E-state index in [0.29, 0.717) is 17.7 Å². The highest BCUT2D eigenvalue weighted by Gasteiger charge is 2.39. The molecule has 1 saturated heterocycles. The monoisotopic (exact) mass is 356 g/mol. The first-order valence-corrected chi connectivity index (χ1v) is 9.45. The molecule has 6 heteroatoms. The summed E-state index contributed by atoms with van der Waals surface area (Å²) >= 11 is 5.54. The van der Waals surface area contributed by atoms with Crippen molar-refractivity contribution in [1.29, 1.82) is 0 Å². The number of hydrogen-bond acceptors (Lipinski definition) is 3. The number of aliphatic hydroxyl groups is 1. The van der Waals surface area contributed by atoms with Crippen LogP contribution in [0.4, 0.5) is 0 Å². The van der Waals surface area contributed by atoms with Gasteiger partial charge in [-0.2, -0.15) is 0 Å². The van der Waals surface area contributed by atoms with Crippen molar-refractivity contribution in [1.82, 2.24) is 19.8 Å². The third-order valence-electron chi connectivity index (χ3n) is 5.36. The lowest BCUT2D eigenvalue weighted by molar-refractivity contribution is 0.223. The van der Waals surface area contributed by atoms with Gasteiger partial charge in [0.2, 0.25) is 0 Å². The molecule has 2 fully saturated rings. The molecule has 25 heavy (non-hydrogen) atoms. The molecule has 2 aliphatic rings. The Morgan fingerprint density at radius 3 is 2.80 bits per heavy atom. The van der Waals surface area contributed by atoms with E-state index in [2.05, 4.69) is 38.2 Å². The van der Waals surface area contributed by atoms with Crippen LogP contribution in [0.3, 0.4) is 0 Å². The topological polar surface area (TPSA) is 53.3 Å². The van der Waals surface area contributed by atoms with Crippen molar-refractivity contribution in [3.63, 3.8) is 0 Å². The fourth-order valence-corrected chi connectivity index (χ4v) is 4.48. The van der Waals surface area contributed by atoms with E-state index in [1.807, 2.05) is 24.4 Å². The maximum absolute atomic E-state index is 9.49. The van der Waals surface area contributed by atoms with Gasteiger partial charge in [0.05, 0.1) is 24.4 Å². The van der Waals surface area contributed by atoms with E-state index in [1.165, 1.54) is 31.2 Å². The zero-order valence-corrected chi connectivity index (χ0v) is 15.0. The van der Waals surface area contributed by atoms with Crippen LogP contribution in [0.15, 0.2) is 42.9 Å². The second-order valence-corrected chi connectivity index (χ2v) is 7.26. The number of β-amino-alcohol motifs (C(OH)–C–C–N with tert-alkyl or cyclic N) is 1. The number of hydrogen-bond donors (Lipinski definition) is 2. The molecule has 1 saturated carbocycles. The van der Waals surface area contributed by atoms with Crippen LogP contribution in [0.5, 0.6) is 0 Å². The Kier molecular flexibility index (Phi) is 4.72. The molecular weight excluding hydrogens is 332 g/mol. The molecule has 2 aromatic rings. The molecule has 2 aromatic heterocycles. The normalized spacial score (nSPS) is 24.0. The van der Waals surface area contributed by atoms with Gasteiger partial charge in [0.1, 0.15) is 0 Å². The SMILES string of the molecule is OCCN1C(=S)NC(c2ccccn2)C1c1ccn(C2CCCC2)c1. The molecular formula is C19H24N4OS. The Morgan fingerprint density at radius 2 is 2.08 bits per heavy atom. The Labute approximate surface area is 153 Å². The van der Waals surface area contributed by atoms with Gasteiger partial charge in [-0.05, 0) is 48.8 Å². The molecule has 4 rings (SSSR count). The van der Waals surface area contributed by atoms with Crippen molar-refractivity contribution in [2.24, 2.45) is 0 Å². The highest BCUT2D eigenvalue weighted by atomic mass is 32.1. The lowest BCUT2D eigenvalue weighted by Crippen LogP contribution is -2.32. The van der Waals surface area contributed by atoms with E-state index >= 15 is 0 Å². The summed E-state index contributed by atoms with van der Waals surface area (Å²) in [5.41, 5.74) is 2.20. The average Bonchev–Trinajstić information content (AvgIpc) is 3.36. The van der Waals surface area contributed by atoms with Gasteiger partial charge in [-0.15, -0.1) is 0 Å². The Bertz CT molecular complexity index is 726. The predicted molar refractivity (Wildman–Crippen MR) is 101 cm³/mol. The first-order valence-electron chi connectivity index (χ1n) is 9.04. The molecule has 0 aromatic carbocycles. The summed E-state index contributed by atoms with van der Waals surface area (Å²) in [7, 11) is 0. The largest absolute Gasteiger partial charge is 0.395 e. The molecule has 132 valence electrons. The van der Waals surface area contributed by atoms with E-state index in [-0.39, 0.29) is 18.7 Å². The number of thiocarbonyl (C=S) groups is 1. The minimum absolute atomic E-state index is 0.000298. The van der Waals surface area contributed by atoms with Crippen LogP contribution in [0.1, 0.15) is 55.1 Å². The summed E-state index contributed by atoms with van der Waals surface area (Å²) in [4.78, 5) is 6.62. The van der Waals surface area contributed by atoms with E-state index in [4.69, 9.17) is 12.2 Å². The first-order chi connectivity index (χ1) is 12.3. The second kappa shape index (κ2) is 7.14. The van der Waals surface area contributed by atoms with Crippen molar-refractivity contribution < 1.29 is 5.11 Å². The molecule has 2 N–H and O–H groups in total. The fraction of sp³-hybridized carbons (Fsp3) is 0.474. The van der Waals surface area contributed by atoms with Gasteiger partial charge in [-0.25, -0.2) is 0 Å². The molecule has 0 bridgehead atoms. The Balaban J connectivity index is 1.67. The minimum Gasteiger partial charge on any atom is -0.395 e. The quantitative estimate of drug-likeness (QED) is 0.807. The summed E-state index contributed by atoms with van der Waals surface area (Å²) in [5, 5.41) is 13.6. The zero-order valence-electron chi connectivity index (χ0n) is 14.2. The van der Waals surface area contributed by atoms with Crippen molar-refractivity contribution in [2.45, 2.75) is 43.8 Å². The molecule has 1 aliphatic carbocycles. The lowest BCUT2D eigenvalue weighted by atomic mass is 9.99. The van der Waals surface area contributed by atoms with Crippen LogP contribution in [-0.4, -0.2) is 37.8 Å². The van der Waals surface area contributed by atoms with Gasteiger partial charge in [0, 0.05) is 31.2 Å². The number of rotatable bonds is 5. The highest BCUT2D eigenvalue weighted by molar-refractivity contribution is 7.80. The van der Waals surface area contributed by atoms with Crippen LogP contribution in [-0.2, 0) is 0 Å².